The third kappa shape index (κ3) is 8.47. The average molecular weight is 572 g/mol. The highest BCUT2D eigenvalue weighted by atomic mass is 35.5. The standard InChI is InChI=1S/C32H46ClN3O4/c1-11-20(4)27(35-31(39)40-32(8,9)10)30(38)36(23(7)12-2)28(24-18-19(3)16-17-21(24)5)29(37)34-26-22(6)14-13-15-25(26)33/h13-18,20,23,27-28H,11-12H2,1-10H3,(H,34,37)(H,35,39). The van der Waals surface area contributed by atoms with Gasteiger partial charge in [-0.15, -0.1) is 0 Å². The molecule has 0 aromatic heterocycles. The first-order valence-corrected chi connectivity index (χ1v) is 14.4. The van der Waals surface area contributed by atoms with Crippen LogP contribution in [0.1, 0.15) is 89.6 Å². The van der Waals surface area contributed by atoms with Gasteiger partial charge in [0, 0.05) is 6.04 Å². The zero-order valence-electron chi connectivity index (χ0n) is 25.6. The normalized spacial score (nSPS) is 14.5. The van der Waals surface area contributed by atoms with Gasteiger partial charge >= 0.3 is 6.09 Å². The molecular formula is C32H46ClN3O4. The molecular weight excluding hydrogens is 526 g/mol. The van der Waals surface area contributed by atoms with E-state index in [1.807, 2.05) is 78.8 Å². The number of nitrogens with one attached hydrogen (secondary N) is 2. The largest absolute Gasteiger partial charge is 0.444 e. The van der Waals surface area contributed by atoms with Crippen LogP contribution in [-0.2, 0) is 14.3 Å². The van der Waals surface area contributed by atoms with E-state index in [1.54, 1.807) is 31.7 Å². The minimum absolute atomic E-state index is 0.209. The molecule has 2 rings (SSSR count). The topological polar surface area (TPSA) is 87.7 Å². The van der Waals surface area contributed by atoms with E-state index in [-0.39, 0.29) is 23.8 Å². The number of halogens is 1. The number of carbonyl (C=O) groups is 3. The number of nitrogens with zero attached hydrogens (tertiary/aromatic N) is 1. The van der Waals surface area contributed by atoms with Gasteiger partial charge in [0.05, 0.1) is 10.7 Å². The van der Waals surface area contributed by atoms with Crippen molar-refractivity contribution in [2.24, 2.45) is 5.92 Å². The monoisotopic (exact) mass is 571 g/mol. The van der Waals surface area contributed by atoms with Gasteiger partial charge in [-0.1, -0.05) is 74.7 Å². The maximum atomic E-state index is 14.5. The van der Waals surface area contributed by atoms with Crippen molar-refractivity contribution in [3.63, 3.8) is 0 Å². The molecule has 0 saturated carbocycles. The summed E-state index contributed by atoms with van der Waals surface area (Å²) in [5.41, 5.74) is 3.16. The van der Waals surface area contributed by atoms with Crippen LogP contribution >= 0.6 is 11.6 Å². The van der Waals surface area contributed by atoms with Crippen molar-refractivity contribution in [1.82, 2.24) is 10.2 Å². The van der Waals surface area contributed by atoms with Gasteiger partial charge in [0.15, 0.2) is 0 Å². The lowest BCUT2D eigenvalue weighted by Gasteiger charge is -2.40. The molecule has 0 radical (unpaired) electrons. The summed E-state index contributed by atoms with van der Waals surface area (Å²) in [7, 11) is 0. The fourth-order valence-corrected chi connectivity index (χ4v) is 4.80. The third-order valence-electron chi connectivity index (χ3n) is 7.20. The summed E-state index contributed by atoms with van der Waals surface area (Å²) in [6.45, 7) is 18.8. The second kappa shape index (κ2) is 14.0. The zero-order valence-corrected chi connectivity index (χ0v) is 26.4. The van der Waals surface area contributed by atoms with Crippen LogP contribution in [0.3, 0.4) is 0 Å². The molecule has 0 fully saturated rings. The average Bonchev–Trinajstić information content (AvgIpc) is 2.87. The first kappa shape index (κ1) is 33.1. The van der Waals surface area contributed by atoms with Gasteiger partial charge < -0.3 is 20.3 Å². The van der Waals surface area contributed by atoms with E-state index in [1.165, 1.54) is 0 Å². The molecule has 0 aliphatic rings. The fraction of sp³-hybridized carbons (Fsp3) is 0.531. The van der Waals surface area contributed by atoms with Crippen molar-refractivity contribution < 1.29 is 19.1 Å². The van der Waals surface area contributed by atoms with E-state index in [9.17, 15) is 14.4 Å². The number of hydrogen-bond acceptors (Lipinski definition) is 4. The number of carbonyl (C=O) groups excluding carboxylic acids is 3. The van der Waals surface area contributed by atoms with Gasteiger partial charge in [-0.25, -0.2) is 4.79 Å². The van der Waals surface area contributed by atoms with Crippen LogP contribution in [0.25, 0.3) is 0 Å². The molecule has 0 heterocycles. The Bertz CT molecular complexity index is 1190. The van der Waals surface area contributed by atoms with Gasteiger partial charge in [0.25, 0.3) is 5.91 Å². The highest BCUT2D eigenvalue weighted by Crippen LogP contribution is 2.33. The minimum atomic E-state index is -0.968. The molecule has 2 aromatic rings. The molecule has 0 saturated heterocycles. The minimum Gasteiger partial charge on any atom is -0.444 e. The van der Waals surface area contributed by atoms with Crippen LogP contribution in [0.15, 0.2) is 36.4 Å². The quantitative estimate of drug-likeness (QED) is 0.309. The summed E-state index contributed by atoms with van der Waals surface area (Å²) in [5.74, 6) is -0.926. The maximum Gasteiger partial charge on any atom is 0.408 e. The molecule has 0 bridgehead atoms. The molecule has 2 N–H and O–H groups in total. The van der Waals surface area contributed by atoms with Gasteiger partial charge in [0.2, 0.25) is 5.91 Å². The summed E-state index contributed by atoms with van der Waals surface area (Å²) < 4.78 is 5.50. The van der Waals surface area contributed by atoms with Crippen molar-refractivity contribution in [3.05, 3.63) is 63.7 Å². The van der Waals surface area contributed by atoms with Crippen molar-refractivity contribution in [3.8, 4) is 0 Å². The van der Waals surface area contributed by atoms with Crippen LogP contribution in [0, 0.1) is 26.7 Å². The Labute approximate surface area is 245 Å². The van der Waals surface area contributed by atoms with Crippen LogP contribution in [0.2, 0.25) is 5.02 Å². The molecule has 7 nitrogen and oxygen atoms in total. The third-order valence-corrected chi connectivity index (χ3v) is 7.51. The summed E-state index contributed by atoms with van der Waals surface area (Å²) in [6.07, 6.45) is 0.569. The fourth-order valence-electron chi connectivity index (χ4n) is 4.53. The summed E-state index contributed by atoms with van der Waals surface area (Å²) >= 11 is 6.48. The van der Waals surface area contributed by atoms with E-state index < -0.39 is 23.8 Å². The van der Waals surface area contributed by atoms with Crippen LogP contribution < -0.4 is 10.6 Å². The Morgan fingerprint density at radius 3 is 2.17 bits per heavy atom. The number of amides is 3. The second-order valence-corrected chi connectivity index (χ2v) is 12.1. The number of aryl methyl sites for hydroxylation is 3. The number of benzene rings is 2. The van der Waals surface area contributed by atoms with Gasteiger partial charge in [0.1, 0.15) is 17.7 Å². The zero-order chi connectivity index (χ0) is 30.4. The van der Waals surface area contributed by atoms with Gasteiger partial charge in [-0.2, -0.15) is 0 Å². The number of para-hydroxylation sites is 1. The lowest BCUT2D eigenvalue weighted by atomic mass is 9.92. The molecule has 4 atom stereocenters. The van der Waals surface area contributed by atoms with Crippen molar-refractivity contribution >= 4 is 35.2 Å². The van der Waals surface area contributed by atoms with Crippen molar-refractivity contribution in [2.45, 2.75) is 106 Å². The number of anilines is 1. The van der Waals surface area contributed by atoms with E-state index >= 15 is 0 Å². The SMILES string of the molecule is CCC(C)C(NC(=O)OC(C)(C)C)C(=O)N(C(C)CC)C(C(=O)Nc1c(C)cccc1Cl)c1cc(C)ccc1C. The Balaban J connectivity index is 2.69. The van der Waals surface area contributed by atoms with Crippen molar-refractivity contribution in [1.29, 1.82) is 0 Å². The lowest BCUT2D eigenvalue weighted by molar-refractivity contribution is -0.144. The number of ether oxygens (including phenoxy) is 1. The molecule has 220 valence electrons. The Kier molecular flexibility index (Phi) is 11.6. The van der Waals surface area contributed by atoms with Gasteiger partial charge in [-0.3, -0.25) is 9.59 Å². The summed E-state index contributed by atoms with van der Waals surface area (Å²) in [6, 6.07) is 9.12. The maximum absolute atomic E-state index is 14.5. The lowest BCUT2D eigenvalue weighted by Crippen LogP contribution is -2.57. The van der Waals surface area contributed by atoms with Crippen LogP contribution in [-0.4, -0.2) is 40.5 Å². The smallest absolute Gasteiger partial charge is 0.408 e. The molecule has 0 spiro atoms. The van der Waals surface area contributed by atoms with E-state index in [4.69, 9.17) is 16.3 Å². The summed E-state index contributed by atoms with van der Waals surface area (Å²) in [5, 5.41) is 6.25. The Morgan fingerprint density at radius 1 is 0.975 bits per heavy atom. The molecule has 3 amide bonds. The van der Waals surface area contributed by atoms with E-state index in [0.29, 0.717) is 23.6 Å². The Morgan fingerprint density at radius 2 is 1.62 bits per heavy atom. The molecule has 0 aliphatic heterocycles. The Hall–Kier alpha value is -3.06. The molecule has 40 heavy (non-hydrogen) atoms. The number of rotatable bonds is 10. The molecule has 2 aromatic carbocycles. The van der Waals surface area contributed by atoms with Crippen molar-refractivity contribution in [2.75, 3.05) is 5.32 Å². The predicted molar refractivity (Wildman–Crippen MR) is 163 cm³/mol. The molecule has 8 heteroatoms. The van der Waals surface area contributed by atoms with E-state index in [2.05, 4.69) is 10.6 Å². The van der Waals surface area contributed by atoms with E-state index in [0.717, 1.165) is 22.3 Å². The molecule has 4 unspecified atom stereocenters. The van der Waals surface area contributed by atoms with Crippen LogP contribution in [0.5, 0.6) is 0 Å². The number of hydrogen-bond donors (Lipinski definition) is 2. The number of alkyl carbamates (subject to hydrolysis) is 1. The van der Waals surface area contributed by atoms with Crippen LogP contribution in [0.4, 0.5) is 10.5 Å². The second-order valence-electron chi connectivity index (χ2n) is 11.7. The predicted octanol–water partition coefficient (Wildman–Crippen LogP) is 7.51. The first-order valence-electron chi connectivity index (χ1n) is 14.1. The first-order chi connectivity index (χ1) is 18.6. The molecule has 0 aliphatic carbocycles. The van der Waals surface area contributed by atoms with Gasteiger partial charge in [-0.05, 0) is 83.6 Å². The highest BCUT2D eigenvalue weighted by Gasteiger charge is 2.40. The highest BCUT2D eigenvalue weighted by molar-refractivity contribution is 6.34. The summed E-state index contributed by atoms with van der Waals surface area (Å²) in [4.78, 5) is 43.2.